The molecule has 2 heterocycles. The van der Waals surface area contributed by atoms with E-state index in [1.807, 2.05) is 0 Å². The first kappa shape index (κ1) is 31.9. The van der Waals surface area contributed by atoms with Gasteiger partial charge in [0.25, 0.3) is 11.8 Å². The van der Waals surface area contributed by atoms with Crippen LogP contribution >= 0.6 is 23.2 Å². The molecular weight excluding hydrogens is 633 g/mol. The zero-order chi connectivity index (χ0) is 31.8. The fraction of sp³-hybridized carbons (Fsp3) is 0.379. The van der Waals surface area contributed by atoms with E-state index in [0.29, 0.717) is 34.6 Å². The van der Waals surface area contributed by atoms with Gasteiger partial charge in [-0.15, -0.1) is 0 Å². The number of carboxylic acids is 1. The SMILES string of the molecule is Cn1c(C(=O)O)cnc1CONC(=O)[C@@H]1c2ccccc2C(=O)N([C@H]2CCCC[C@@H]2NS(C)(=O)=O)[C@H]1c1ccc(Cl)cc1Cl. The Morgan fingerprint density at radius 1 is 1.11 bits per heavy atom. The molecule has 0 spiro atoms. The first-order valence-corrected chi connectivity index (χ1v) is 16.5. The van der Waals surface area contributed by atoms with Crippen molar-refractivity contribution in [2.45, 2.75) is 56.3 Å². The van der Waals surface area contributed by atoms with Gasteiger partial charge in [0.1, 0.15) is 18.1 Å². The number of sulfonamides is 1. The highest BCUT2D eigenvalue weighted by molar-refractivity contribution is 7.88. The van der Waals surface area contributed by atoms with Crippen molar-refractivity contribution in [1.82, 2.24) is 24.7 Å². The maximum absolute atomic E-state index is 14.3. The number of aromatic carboxylic acids is 1. The Balaban J connectivity index is 1.57. The highest BCUT2D eigenvalue weighted by atomic mass is 35.5. The second-order valence-corrected chi connectivity index (χ2v) is 13.5. The molecule has 3 N–H and O–H groups in total. The Hall–Kier alpha value is -3.49. The van der Waals surface area contributed by atoms with Crippen LogP contribution in [0.1, 0.15) is 75.4 Å². The molecule has 1 aliphatic carbocycles. The summed E-state index contributed by atoms with van der Waals surface area (Å²) in [6, 6.07) is 9.42. The van der Waals surface area contributed by atoms with E-state index in [-0.39, 0.29) is 29.1 Å². The highest BCUT2D eigenvalue weighted by Crippen LogP contribution is 2.47. The molecule has 12 nitrogen and oxygen atoms in total. The molecular formula is C29H31Cl2N5O7S. The molecule has 234 valence electrons. The lowest BCUT2D eigenvalue weighted by Crippen LogP contribution is -2.59. The first-order chi connectivity index (χ1) is 20.9. The van der Waals surface area contributed by atoms with Gasteiger partial charge in [-0.25, -0.2) is 28.4 Å². The molecule has 1 aliphatic heterocycles. The molecule has 4 atom stereocenters. The lowest BCUT2D eigenvalue weighted by atomic mass is 9.76. The van der Waals surface area contributed by atoms with Crippen LogP contribution in [-0.2, 0) is 33.3 Å². The second-order valence-electron chi connectivity index (χ2n) is 10.9. The van der Waals surface area contributed by atoms with Gasteiger partial charge < -0.3 is 14.6 Å². The summed E-state index contributed by atoms with van der Waals surface area (Å²) in [7, 11) is -2.10. The summed E-state index contributed by atoms with van der Waals surface area (Å²) in [6.45, 7) is -0.234. The zero-order valence-electron chi connectivity index (χ0n) is 23.9. The lowest BCUT2D eigenvalue weighted by molar-refractivity contribution is -0.138. The van der Waals surface area contributed by atoms with Gasteiger partial charge in [-0.3, -0.25) is 14.4 Å². The highest BCUT2D eigenvalue weighted by Gasteiger charge is 2.49. The standard InChI is InChI=1S/C29H31Cl2N5O7S/c1-35-23(29(39)40)14-32-24(35)15-43-33-27(37)25-17-7-3-4-8-18(17)28(38)36(26(25)19-12-11-16(30)13-20(19)31)22-10-6-5-9-21(22)34-44(2,41)42/h3-4,7-8,11-14,21-22,25-26,34H,5-6,9-10,15H2,1-2H3,(H,33,37)(H,39,40)/t21-,22-,25+,26-/m0/s1. The van der Waals surface area contributed by atoms with Gasteiger partial charge in [-0.1, -0.05) is 60.3 Å². The fourth-order valence-corrected chi connectivity index (χ4v) is 7.49. The third-order valence-electron chi connectivity index (χ3n) is 8.07. The summed E-state index contributed by atoms with van der Waals surface area (Å²) in [5.41, 5.74) is 3.62. The van der Waals surface area contributed by atoms with E-state index in [2.05, 4.69) is 15.2 Å². The van der Waals surface area contributed by atoms with Crippen molar-refractivity contribution in [2.24, 2.45) is 7.05 Å². The Morgan fingerprint density at radius 2 is 1.84 bits per heavy atom. The number of carbonyl (C=O) groups is 3. The maximum Gasteiger partial charge on any atom is 0.354 e. The number of imidazole rings is 1. The minimum absolute atomic E-state index is 0.0486. The van der Waals surface area contributed by atoms with Crippen LogP contribution in [0.5, 0.6) is 0 Å². The average molecular weight is 665 g/mol. The topological polar surface area (TPSA) is 160 Å². The van der Waals surface area contributed by atoms with Gasteiger partial charge in [0.2, 0.25) is 10.0 Å². The van der Waals surface area contributed by atoms with E-state index < -0.39 is 45.9 Å². The number of benzene rings is 2. The van der Waals surface area contributed by atoms with Crippen LogP contribution in [-0.4, -0.2) is 64.1 Å². The molecule has 1 fully saturated rings. The Morgan fingerprint density at radius 3 is 2.52 bits per heavy atom. The number of hydrogen-bond acceptors (Lipinski definition) is 7. The number of amides is 2. The van der Waals surface area contributed by atoms with Crippen molar-refractivity contribution >= 4 is 51.0 Å². The molecule has 2 amide bonds. The minimum atomic E-state index is -3.62. The number of carbonyl (C=O) groups excluding carboxylic acids is 2. The number of aromatic nitrogens is 2. The largest absolute Gasteiger partial charge is 0.477 e. The van der Waals surface area contributed by atoms with E-state index in [1.54, 1.807) is 41.3 Å². The van der Waals surface area contributed by atoms with E-state index in [0.717, 1.165) is 19.1 Å². The number of halogens is 2. The number of carboxylic acid groups (broad SMARTS) is 1. The van der Waals surface area contributed by atoms with Gasteiger partial charge in [-0.2, -0.15) is 0 Å². The van der Waals surface area contributed by atoms with Crippen molar-refractivity contribution in [3.05, 3.63) is 86.9 Å². The smallest absolute Gasteiger partial charge is 0.354 e. The number of fused-ring (bicyclic) bond motifs is 1. The van der Waals surface area contributed by atoms with Crippen molar-refractivity contribution < 1.29 is 32.7 Å². The quantitative estimate of drug-likeness (QED) is 0.291. The number of nitrogens with zero attached hydrogens (tertiary/aromatic N) is 3. The van der Waals surface area contributed by atoms with Crippen LogP contribution in [0.15, 0.2) is 48.7 Å². The van der Waals surface area contributed by atoms with Gasteiger partial charge in [0.15, 0.2) is 0 Å². The molecule has 0 unspecified atom stereocenters. The molecule has 0 radical (unpaired) electrons. The van der Waals surface area contributed by atoms with Gasteiger partial charge in [0.05, 0.1) is 24.4 Å². The number of rotatable bonds is 9. The first-order valence-electron chi connectivity index (χ1n) is 13.9. The van der Waals surface area contributed by atoms with Crippen LogP contribution < -0.4 is 10.2 Å². The van der Waals surface area contributed by atoms with Crippen molar-refractivity contribution in [2.75, 3.05) is 6.26 Å². The van der Waals surface area contributed by atoms with E-state index >= 15 is 0 Å². The lowest BCUT2D eigenvalue weighted by Gasteiger charge is -2.49. The average Bonchev–Trinajstić information content (AvgIpc) is 3.33. The molecule has 2 aromatic carbocycles. The third-order valence-corrected chi connectivity index (χ3v) is 9.36. The molecule has 44 heavy (non-hydrogen) atoms. The van der Waals surface area contributed by atoms with Crippen LogP contribution in [0.3, 0.4) is 0 Å². The maximum atomic E-state index is 14.3. The van der Waals surface area contributed by atoms with Crippen molar-refractivity contribution in [3.8, 4) is 0 Å². The zero-order valence-corrected chi connectivity index (χ0v) is 26.2. The minimum Gasteiger partial charge on any atom is -0.477 e. The molecule has 5 rings (SSSR count). The van der Waals surface area contributed by atoms with E-state index in [4.69, 9.17) is 28.0 Å². The summed E-state index contributed by atoms with van der Waals surface area (Å²) < 4.78 is 28.7. The summed E-state index contributed by atoms with van der Waals surface area (Å²) in [5.74, 6) is -2.88. The number of hydrogen-bond donors (Lipinski definition) is 3. The van der Waals surface area contributed by atoms with Crippen molar-refractivity contribution in [3.63, 3.8) is 0 Å². The summed E-state index contributed by atoms with van der Waals surface area (Å²) in [6.07, 6.45) is 4.79. The van der Waals surface area contributed by atoms with Crippen LogP contribution in [0.25, 0.3) is 0 Å². The van der Waals surface area contributed by atoms with Gasteiger partial charge in [0, 0.05) is 34.7 Å². The number of hydroxylamine groups is 1. The van der Waals surface area contributed by atoms with Crippen LogP contribution in [0.4, 0.5) is 0 Å². The third kappa shape index (κ3) is 6.47. The molecule has 0 saturated heterocycles. The predicted octanol–water partition coefficient (Wildman–Crippen LogP) is 3.81. The predicted molar refractivity (Wildman–Crippen MR) is 162 cm³/mol. The Kier molecular flexibility index (Phi) is 9.33. The Bertz CT molecular complexity index is 1710. The fourth-order valence-electron chi connectivity index (χ4n) is 6.14. The Labute approximate surface area is 264 Å². The molecule has 2 aliphatic rings. The normalized spacial score (nSPS) is 22.0. The van der Waals surface area contributed by atoms with E-state index in [9.17, 15) is 27.9 Å². The monoisotopic (exact) mass is 663 g/mol. The van der Waals surface area contributed by atoms with Crippen LogP contribution in [0, 0.1) is 0 Å². The van der Waals surface area contributed by atoms with Crippen LogP contribution in [0.2, 0.25) is 10.0 Å². The summed E-state index contributed by atoms with van der Waals surface area (Å²) in [5, 5.41) is 9.90. The molecule has 3 aromatic rings. The second kappa shape index (κ2) is 12.9. The van der Waals surface area contributed by atoms with Crippen molar-refractivity contribution in [1.29, 1.82) is 0 Å². The van der Waals surface area contributed by atoms with E-state index in [1.165, 1.54) is 23.9 Å². The van der Waals surface area contributed by atoms with Gasteiger partial charge in [-0.05, 0) is 42.2 Å². The number of nitrogens with one attached hydrogen (secondary N) is 2. The van der Waals surface area contributed by atoms with Gasteiger partial charge >= 0.3 is 5.97 Å². The molecule has 15 heteroatoms. The molecule has 1 aromatic heterocycles. The summed E-state index contributed by atoms with van der Waals surface area (Å²) >= 11 is 12.9. The summed E-state index contributed by atoms with van der Waals surface area (Å²) in [4.78, 5) is 50.9. The molecule has 0 bridgehead atoms. The molecule has 1 saturated carbocycles.